The molecule has 0 bridgehead atoms. The summed E-state index contributed by atoms with van der Waals surface area (Å²) in [7, 11) is 2.01. The van der Waals surface area contributed by atoms with Crippen molar-refractivity contribution in [3.8, 4) is 0 Å². The summed E-state index contributed by atoms with van der Waals surface area (Å²) >= 11 is 1.73. The number of carbonyl (C=O) groups excluding carboxylic acids is 1. The molecular formula is C16H24N3O2S+. The van der Waals surface area contributed by atoms with Crippen molar-refractivity contribution in [3.05, 3.63) is 33.6 Å². The number of rotatable bonds is 5. The molecule has 120 valence electrons. The van der Waals surface area contributed by atoms with Crippen LogP contribution in [0.4, 0.5) is 5.88 Å². The average molecular weight is 322 g/mol. The fourth-order valence-corrected chi connectivity index (χ4v) is 3.09. The number of thiophene rings is 1. The molecule has 0 aliphatic carbocycles. The zero-order valence-electron chi connectivity index (χ0n) is 13.8. The van der Waals surface area contributed by atoms with Gasteiger partial charge in [-0.3, -0.25) is 10.1 Å². The molecule has 0 aromatic carbocycles. The molecule has 2 aromatic rings. The molecule has 6 heteroatoms. The van der Waals surface area contributed by atoms with E-state index < -0.39 is 0 Å². The summed E-state index contributed by atoms with van der Waals surface area (Å²) in [5.74, 6) is 0.346. The van der Waals surface area contributed by atoms with Crippen molar-refractivity contribution in [1.82, 2.24) is 5.16 Å². The minimum atomic E-state index is -0.0920. The molecule has 2 heterocycles. The molecule has 0 saturated heterocycles. The van der Waals surface area contributed by atoms with Gasteiger partial charge in [-0.2, -0.15) is 0 Å². The number of likely N-dealkylation sites (N-methyl/N-ethyl adjacent to an activating group) is 1. The van der Waals surface area contributed by atoms with Crippen LogP contribution in [0.5, 0.6) is 0 Å². The van der Waals surface area contributed by atoms with E-state index in [0.29, 0.717) is 12.4 Å². The van der Waals surface area contributed by atoms with Crippen molar-refractivity contribution in [2.75, 3.05) is 18.9 Å². The topological polar surface area (TPSA) is 59.6 Å². The summed E-state index contributed by atoms with van der Waals surface area (Å²) < 4.78 is 5.18. The maximum Gasteiger partial charge on any atom is 0.281 e. The summed E-state index contributed by atoms with van der Waals surface area (Å²) in [5.41, 5.74) is 2.03. The number of carbonyl (C=O) groups is 1. The van der Waals surface area contributed by atoms with Gasteiger partial charge in [-0.25, -0.2) is 0 Å². The Kier molecular flexibility index (Phi) is 5.03. The van der Waals surface area contributed by atoms with Crippen LogP contribution in [0.1, 0.15) is 36.9 Å². The van der Waals surface area contributed by atoms with Gasteiger partial charge in [0.15, 0.2) is 6.54 Å². The van der Waals surface area contributed by atoms with Crippen molar-refractivity contribution in [1.29, 1.82) is 0 Å². The largest absolute Gasteiger partial charge is 0.338 e. The van der Waals surface area contributed by atoms with Crippen molar-refractivity contribution < 1.29 is 14.2 Å². The van der Waals surface area contributed by atoms with Crippen LogP contribution in [-0.4, -0.2) is 24.7 Å². The van der Waals surface area contributed by atoms with E-state index in [-0.39, 0.29) is 11.3 Å². The summed E-state index contributed by atoms with van der Waals surface area (Å²) in [6.07, 6.45) is 0. The number of anilines is 1. The van der Waals surface area contributed by atoms with E-state index in [9.17, 15) is 4.79 Å². The molecule has 0 aliphatic heterocycles. The summed E-state index contributed by atoms with van der Waals surface area (Å²) in [6, 6.07) is 3.90. The van der Waals surface area contributed by atoms with Gasteiger partial charge in [-0.1, -0.05) is 25.9 Å². The van der Waals surface area contributed by atoms with E-state index in [1.807, 2.05) is 7.05 Å². The Labute approximate surface area is 135 Å². The number of quaternary nitrogens is 1. The first-order chi connectivity index (χ1) is 10.3. The fourth-order valence-electron chi connectivity index (χ4n) is 2.07. The minimum Gasteiger partial charge on any atom is -0.338 e. The molecule has 0 spiro atoms. The van der Waals surface area contributed by atoms with E-state index in [0.717, 1.165) is 17.1 Å². The average Bonchev–Trinajstić information content (AvgIpc) is 2.99. The fraction of sp³-hybridized carbons (Fsp3) is 0.500. The molecule has 2 rings (SSSR count). The molecule has 0 aliphatic rings. The first kappa shape index (κ1) is 16.7. The van der Waals surface area contributed by atoms with Gasteiger partial charge in [0.1, 0.15) is 6.54 Å². The third kappa shape index (κ3) is 4.42. The van der Waals surface area contributed by atoms with Crippen LogP contribution in [0.2, 0.25) is 0 Å². The SMILES string of the molecule is Cc1ccsc1C[NH+](C)CC(=O)Nc1cc(C(C)(C)C)no1. The smallest absolute Gasteiger partial charge is 0.281 e. The molecule has 1 unspecified atom stereocenters. The first-order valence-corrected chi connectivity index (χ1v) is 8.25. The number of amides is 1. The number of hydrogen-bond donors (Lipinski definition) is 2. The Morgan fingerprint density at radius 3 is 2.73 bits per heavy atom. The predicted molar refractivity (Wildman–Crippen MR) is 88.3 cm³/mol. The van der Waals surface area contributed by atoms with Crippen LogP contribution < -0.4 is 10.2 Å². The van der Waals surface area contributed by atoms with Gasteiger partial charge in [0.25, 0.3) is 5.91 Å². The van der Waals surface area contributed by atoms with Crippen LogP contribution >= 0.6 is 11.3 Å². The Balaban J connectivity index is 1.87. The van der Waals surface area contributed by atoms with Gasteiger partial charge in [-0.05, 0) is 23.9 Å². The number of nitrogens with zero attached hydrogens (tertiary/aromatic N) is 1. The maximum absolute atomic E-state index is 12.1. The Morgan fingerprint density at radius 1 is 1.45 bits per heavy atom. The van der Waals surface area contributed by atoms with E-state index in [2.05, 4.69) is 49.6 Å². The Hall–Kier alpha value is -1.66. The predicted octanol–water partition coefficient (Wildman–Crippen LogP) is 2.00. The molecule has 0 radical (unpaired) electrons. The molecule has 1 amide bonds. The zero-order chi connectivity index (χ0) is 16.3. The second-order valence-corrected chi connectivity index (χ2v) is 7.71. The van der Waals surface area contributed by atoms with Crippen molar-refractivity contribution in [3.63, 3.8) is 0 Å². The van der Waals surface area contributed by atoms with E-state index in [1.54, 1.807) is 17.4 Å². The van der Waals surface area contributed by atoms with Crippen molar-refractivity contribution in [2.24, 2.45) is 0 Å². The van der Waals surface area contributed by atoms with Crippen molar-refractivity contribution in [2.45, 2.75) is 39.7 Å². The quantitative estimate of drug-likeness (QED) is 0.885. The normalized spacial score (nSPS) is 13.1. The standard InChI is InChI=1S/C16H23N3O2S/c1-11-6-7-22-12(11)9-19(5)10-14(20)17-15-8-13(18-21-15)16(2,3)4/h6-8H,9-10H2,1-5H3,(H,17,20)/p+1. The Bertz CT molecular complexity index is 640. The van der Waals surface area contributed by atoms with E-state index >= 15 is 0 Å². The summed E-state index contributed by atoms with van der Waals surface area (Å²) in [5, 5.41) is 8.86. The molecule has 5 nitrogen and oxygen atoms in total. The summed E-state index contributed by atoms with van der Waals surface area (Å²) in [4.78, 5) is 14.5. The first-order valence-electron chi connectivity index (χ1n) is 7.37. The molecule has 2 aromatic heterocycles. The van der Waals surface area contributed by atoms with Gasteiger partial charge in [0.2, 0.25) is 5.88 Å². The second kappa shape index (κ2) is 6.62. The highest BCUT2D eigenvalue weighted by atomic mass is 32.1. The van der Waals surface area contributed by atoms with Crippen LogP contribution in [0.3, 0.4) is 0 Å². The Morgan fingerprint density at radius 2 is 2.18 bits per heavy atom. The highest BCUT2D eigenvalue weighted by Gasteiger charge is 2.20. The van der Waals surface area contributed by atoms with Gasteiger partial charge in [0, 0.05) is 11.5 Å². The van der Waals surface area contributed by atoms with Crippen molar-refractivity contribution >= 4 is 23.1 Å². The maximum atomic E-state index is 12.1. The van der Waals surface area contributed by atoms with Crippen LogP contribution in [-0.2, 0) is 16.8 Å². The van der Waals surface area contributed by atoms with Crippen LogP contribution in [0, 0.1) is 6.92 Å². The molecule has 22 heavy (non-hydrogen) atoms. The highest BCUT2D eigenvalue weighted by Crippen LogP contribution is 2.23. The lowest BCUT2D eigenvalue weighted by molar-refractivity contribution is -0.884. The molecule has 0 fully saturated rings. The molecule has 1 atom stereocenters. The molecule has 2 N–H and O–H groups in total. The van der Waals surface area contributed by atoms with Crippen LogP contribution in [0.15, 0.2) is 22.0 Å². The van der Waals surface area contributed by atoms with Gasteiger partial charge < -0.3 is 9.42 Å². The molecule has 0 saturated carbocycles. The van der Waals surface area contributed by atoms with E-state index in [4.69, 9.17) is 4.52 Å². The number of aryl methyl sites for hydroxylation is 1. The lowest BCUT2D eigenvalue weighted by atomic mass is 9.92. The zero-order valence-corrected chi connectivity index (χ0v) is 14.6. The molecular weight excluding hydrogens is 298 g/mol. The van der Waals surface area contributed by atoms with Gasteiger partial charge in [0.05, 0.1) is 17.6 Å². The van der Waals surface area contributed by atoms with Gasteiger partial charge in [-0.15, -0.1) is 11.3 Å². The van der Waals surface area contributed by atoms with Crippen LogP contribution in [0.25, 0.3) is 0 Å². The lowest BCUT2D eigenvalue weighted by Crippen LogP contribution is -3.08. The van der Waals surface area contributed by atoms with E-state index in [1.165, 1.54) is 10.4 Å². The summed E-state index contributed by atoms with van der Waals surface area (Å²) in [6.45, 7) is 9.50. The number of aromatic nitrogens is 1. The second-order valence-electron chi connectivity index (χ2n) is 6.71. The third-order valence-electron chi connectivity index (χ3n) is 3.43. The van der Waals surface area contributed by atoms with Gasteiger partial charge >= 0.3 is 0 Å². The number of hydrogen-bond acceptors (Lipinski definition) is 4. The monoisotopic (exact) mass is 322 g/mol. The third-order valence-corrected chi connectivity index (χ3v) is 4.46. The highest BCUT2D eigenvalue weighted by molar-refractivity contribution is 7.10. The minimum absolute atomic E-state index is 0.0664. The lowest BCUT2D eigenvalue weighted by Gasteiger charge is -2.13. The number of nitrogens with one attached hydrogen (secondary N) is 2.